The lowest BCUT2D eigenvalue weighted by Crippen LogP contribution is -2.52. The predicted molar refractivity (Wildman–Crippen MR) is 177 cm³/mol. The Morgan fingerprint density at radius 1 is 0.938 bits per heavy atom. The average molecular weight is 673 g/mol. The van der Waals surface area contributed by atoms with Crippen molar-refractivity contribution in [1.82, 2.24) is 30.0 Å². The van der Waals surface area contributed by atoms with Crippen molar-refractivity contribution >= 4 is 46.0 Å². The average Bonchev–Trinajstić information content (AvgIpc) is 3.74. The van der Waals surface area contributed by atoms with Crippen molar-refractivity contribution in [2.45, 2.75) is 12.0 Å². The minimum atomic E-state index is -1.36. The summed E-state index contributed by atoms with van der Waals surface area (Å²) in [4.78, 5) is 40.7. The molecule has 0 bridgehead atoms. The molecule has 11 nitrogen and oxygen atoms in total. The van der Waals surface area contributed by atoms with E-state index in [0.717, 1.165) is 16.5 Å². The number of piperazine rings is 1. The topological polar surface area (TPSA) is 120 Å². The smallest absolute Gasteiger partial charge is 0.259 e. The third kappa shape index (κ3) is 6.31. The van der Waals surface area contributed by atoms with Crippen LogP contribution in [0.1, 0.15) is 6.42 Å². The Hall–Kier alpha value is -4.98. The van der Waals surface area contributed by atoms with Crippen LogP contribution < -0.4 is 10.2 Å². The van der Waals surface area contributed by atoms with E-state index in [1.807, 2.05) is 9.80 Å². The van der Waals surface area contributed by atoms with Gasteiger partial charge in [0.25, 0.3) is 5.91 Å². The zero-order valence-corrected chi connectivity index (χ0v) is 26.5. The van der Waals surface area contributed by atoms with Crippen LogP contribution in [0.3, 0.4) is 0 Å². The van der Waals surface area contributed by atoms with Crippen molar-refractivity contribution in [3.63, 3.8) is 0 Å². The van der Waals surface area contributed by atoms with Crippen LogP contribution in [0.5, 0.6) is 0 Å². The van der Waals surface area contributed by atoms with E-state index in [1.54, 1.807) is 65.8 Å². The van der Waals surface area contributed by atoms with Crippen LogP contribution in [0.4, 0.5) is 20.2 Å². The Bertz CT molecular complexity index is 1950. The van der Waals surface area contributed by atoms with E-state index in [9.17, 15) is 14.0 Å². The molecule has 0 saturated carbocycles. The molecule has 4 heterocycles. The van der Waals surface area contributed by atoms with E-state index in [1.165, 1.54) is 18.2 Å². The summed E-state index contributed by atoms with van der Waals surface area (Å²) in [5.74, 6) is -0.780. The largest absolute Gasteiger partial charge is 0.366 e. The van der Waals surface area contributed by atoms with E-state index < -0.39 is 11.5 Å². The molecule has 2 N–H and O–H groups in total. The van der Waals surface area contributed by atoms with Crippen LogP contribution in [0.15, 0.2) is 79.1 Å². The molecule has 3 aromatic carbocycles. The molecule has 0 aliphatic carbocycles. The number of anilines is 2. The first kappa shape index (κ1) is 31.6. The van der Waals surface area contributed by atoms with Gasteiger partial charge >= 0.3 is 0 Å². The van der Waals surface area contributed by atoms with E-state index in [-0.39, 0.29) is 30.6 Å². The summed E-state index contributed by atoms with van der Waals surface area (Å²) in [6.07, 6.45) is 3.52. The van der Waals surface area contributed by atoms with Crippen molar-refractivity contribution in [3.8, 4) is 22.6 Å². The molecule has 0 radical (unpaired) electrons. The molecule has 2 aromatic heterocycles. The standard InChI is InChI=1S/C34H31ClF2N8O3/c35-48-34(33(47)40-25-7-8-28-26(19-25)31(42-41-28)22-2-5-24(36)6-3-22)10-13-43(21-34)20-30(46)45-16-14-44(15-17-45)29-9-4-23(18-27(29)37)32-38-11-1-12-39-32/h1-9,11-12,18-19H,10,13-17,20-21H2,(H,40,47)(H,41,42)/t34-/m0/s1. The zero-order chi connectivity index (χ0) is 33.3. The number of carbonyl (C=O) groups excluding carboxylic acids is 2. The number of benzene rings is 3. The number of aromatic nitrogens is 4. The number of carbonyl (C=O) groups is 2. The predicted octanol–water partition coefficient (Wildman–Crippen LogP) is 4.87. The summed E-state index contributed by atoms with van der Waals surface area (Å²) in [6.45, 7) is 2.48. The first-order valence-electron chi connectivity index (χ1n) is 15.5. The maximum atomic E-state index is 15.1. The Labute approximate surface area is 279 Å². The van der Waals surface area contributed by atoms with Gasteiger partial charge in [-0.15, -0.1) is 0 Å². The minimum Gasteiger partial charge on any atom is -0.366 e. The fraction of sp³-hybridized carbons (Fsp3) is 0.265. The number of fused-ring (bicyclic) bond motifs is 1. The monoisotopic (exact) mass is 672 g/mol. The number of nitrogens with zero attached hydrogens (tertiary/aromatic N) is 6. The first-order valence-corrected chi connectivity index (χ1v) is 15.8. The number of hydrogen-bond acceptors (Lipinski definition) is 8. The summed E-state index contributed by atoms with van der Waals surface area (Å²) in [7, 11) is 0. The molecular weight excluding hydrogens is 642 g/mol. The van der Waals surface area contributed by atoms with Crippen LogP contribution in [-0.2, 0) is 13.9 Å². The van der Waals surface area contributed by atoms with Gasteiger partial charge in [0, 0.05) is 80.3 Å². The molecule has 7 rings (SSSR count). The SMILES string of the molecule is O=C(CN1CC[C@@](OCl)(C(=O)Nc2ccc3[nH]nc(-c4ccc(F)cc4)c3c2)C1)N1CCN(c2ccc(-c3ncccn3)cc2F)CC1. The number of nitrogens with one attached hydrogen (secondary N) is 2. The molecule has 14 heteroatoms. The molecule has 2 amide bonds. The number of aromatic amines is 1. The van der Waals surface area contributed by atoms with Gasteiger partial charge in [-0.05, 0) is 66.7 Å². The molecule has 246 valence electrons. The highest BCUT2D eigenvalue weighted by Crippen LogP contribution is 2.32. The maximum Gasteiger partial charge on any atom is 0.259 e. The van der Waals surface area contributed by atoms with Crippen molar-refractivity contribution in [2.24, 2.45) is 0 Å². The van der Waals surface area contributed by atoms with Gasteiger partial charge in [0.2, 0.25) is 5.91 Å². The van der Waals surface area contributed by atoms with E-state index in [0.29, 0.717) is 67.6 Å². The number of rotatable bonds is 8. The second-order valence-electron chi connectivity index (χ2n) is 11.9. The summed E-state index contributed by atoms with van der Waals surface area (Å²) in [5.41, 5.74) is 2.31. The summed E-state index contributed by atoms with van der Waals surface area (Å²) < 4.78 is 33.8. The van der Waals surface area contributed by atoms with E-state index in [4.69, 9.17) is 16.2 Å². The first-order chi connectivity index (χ1) is 23.3. The molecule has 48 heavy (non-hydrogen) atoms. The van der Waals surface area contributed by atoms with Crippen molar-refractivity contribution < 1.29 is 22.7 Å². The summed E-state index contributed by atoms with van der Waals surface area (Å²) in [6, 6.07) is 18.0. The zero-order valence-electron chi connectivity index (χ0n) is 25.7. The fourth-order valence-corrected chi connectivity index (χ4v) is 6.48. The summed E-state index contributed by atoms with van der Waals surface area (Å²) in [5, 5.41) is 11.0. The minimum absolute atomic E-state index is 0.0868. The number of hydrogen-bond donors (Lipinski definition) is 2. The molecule has 2 aliphatic rings. The highest BCUT2D eigenvalue weighted by Gasteiger charge is 2.47. The van der Waals surface area contributed by atoms with Gasteiger partial charge in [0.15, 0.2) is 11.4 Å². The van der Waals surface area contributed by atoms with Gasteiger partial charge in [0.1, 0.15) is 11.6 Å². The third-order valence-corrected chi connectivity index (χ3v) is 9.21. The van der Waals surface area contributed by atoms with Crippen LogP contribution >= 0.6 is 11.9 Å². The lowest BCUT2D eigenvalue weighted by molar-refractivity contribution is -0.134. The molecule has 2 fully saturated rings. The highest BCUT2D eigenvalue weighted by molar-refractivity contribution is 6.11. The molecule has 2 saturated heterocycles. The Balaban J connectivity index is 0.947. The number of amides is 2. The third-order valence-electron chi connectivity index (χ3n) is 8.91. The quantitative estimate of drug-likeness (QED) is 0.240. The number of halogens is 3. The van der Waals surface area contributed by atoms with Gasteiger partial charge in [-0.25, -0.2) is 18.7 Å². The second kappa shape index (κ2) is 13.3. The Morgan fingerprint density at radius 2 is 1.69 bits per heavy atom. The molecule has 2 aliphatic heterocycles. The molecule has 1 atom stereocenters. The van der Waals surface area contributed by atoms with Gasteiger partial charge in [-0.2, -0.15) is 5.10 Å². The van der Waals surface area contributed by atoms with Crippen LogP contribution in [0.25, 0.3) is 33.5 Å². The number of H-pyrrole nitrogens is 1. The van der Waals surface area contributed by atoms with Crippen LogP contribution in [0.2, 0.25) is 0 Å². The normalized spacial score (nSPS) is 18.4. The fourth-order valence-electron chi connectivity index (χ4n) is 6.28. The van der Waals surface area contributed by atoms with Gasteiger partial charge in [0.05, 0.1) is 35.3 Å². The van der Waals surface area contributed by atoms with Crippen LogP contribution in [-0.4, -0.2) is 93.2 Å². The molecule has 0 spiro atoms. The van der Waals surface area contributed by atoms with E-state index in [2.05, 4.69) is 25.5 Å². The molecular formula is C34H31ClF2N8O3. The molecule has 0 unspecified atom stereocenters. The summed E-state index contributed by atoms with van der Waals surface area (Å²) >= 11 is 5.93. The Kier molecular flexibility index (Phi) is 8.73. The van der Waals surface area contributed by atoms with Crippen molar-refractivity contribution in [3.05, 3.63) is 90.8 Å². The van der Waals surface area contributed by atoms with Gasteiger partial charge < -0.3 is 15.1 Å². The van der Waals surface area contributed by atoms with Crippen molar-refractivity contribution in [1.29, 1.82) is 0 Å². The Morgan fingerprint density at radius 3 is 2.42 bits per heavy atom. The van der Waals surface area contributed by atoms with Crippen molar-refractivity contribution in [2.75, 3.05) is 56.0 Å². The lowest BCUT2D eigenvalue weighted by Gasteiger charge is -2.37. The maximum absolute atomic E-state index is 15.1. The lowest BCUT2D eigenvalue weighted by atomic mass is 10.0. The molecule has 5 aromatic rings. The van der Waals surface area contributed by atoms with Gasteiger partial charge in [-0.3, -0.25) is 23.9 Å². The number of likely N-dealkylation sites (tertiary alicyclic amines) is 1. The van der Waals surface area contributed by atoms with Gasteiger partial charge in [-0.1, -0.05) is 0 Å². The van der Waals surface area contributed by atoms with Crippen LogP contribution in [0, 0.1) is 11.6 Å². The van der Waals surface area contributed by atoms with E-state index >= 15 is 4.39 Å². The highest BCUT2D eigenvalue weighted by atomic mass is 35.5. The second-order valence-corrected chi connectivity index (χ2v) is 12.1.